The highest BCUT2D eigenvalue weighted by Gasteiger charge is 2.15. The predicted octanol–water partition coefficient (Wildman–Crippen LogP) is 0.316. The number of aromatic nitrogens is 3. The molecule has 0 aromatic carbocycles. The van der Waals surface area contributed by atoms with Crippen LogP contribution in [0.5, 0.6) is 0 Å². The summed E-state index contributed by atoms with van der Waals surface area (Å²) < 4.78 is 11.0. The number of methoxy groups -OCH3 is 1. The van der Waals surface area contributed by atoms with Gasteiger partial charge in [0.15, 0.2) is 5.69 Å². The van der Waals surface area contributed by atoms with Crippen molar-refractivity contribution in [3.05, 3.63) is 36.0 Å². The smallest absolute Gasteiger partial charge is 0.360 e. The van der Waals surface area contributed by atoms with Crippen molar-refractivity contribution in [2.24, 2.45) is 0 Å². The summed E-state index contributed by atoms with van der Waals surface area (Å²) in [5.41, 5.74) is 0.0639. The van der Waals surface area contributed by atoms with E-state index in [-0.39, 0.29) is 18.1 Å². The molecule has 2 rings (SSSR count). The lowest BCUT2D eigenvalue weighted by Crippen LogP contribution is -2.29. The van der Waals surface area contributed by atoms with Crippen molar-refractivity contribution in [3.63, 3.8) is 0 Å². The Bertz CT molecular complexity index is 590. The minimum atomic E-state index is -0.590. The van der Waals surface area contributed by atoms with Crippen LogP contribution in [0, 0.1) is 0 Å². The Balaban J connectivity index is 1.93. The Kier molecular flexibility index (Phi) is 4.14. The maximum atomic E-state index is 12.0. The molecule has 2 heterocycles. The molecule has 0 unspecified atom stereocenters. The molecule has 2 aromatic heterocycles. The zero-order chi connectivity index (χ0) is 14.5. The number of furan rings is 1. The van der Waals surface area contributed by atoms with Crippen LogP contribution < -0.4 is 0 Å². The first-order valence-corrected chi connectivity index (χ1v) is 5.85. The number of nitrogens with zero attached hydrogens (tertiary/aromatic N) is 4. The molecule has 0 bridgehead atoms. The average Bonchev–Trinajstić information content (AvgIpc) is 3.09. The summed E-state index contributed by atoms with van der Waals surface area (Å²) in [5.74, 6) is -0.0787. The molecule has 0 saturated heterocycles. The van der Waals surface area contributed by atoms with Gasteiger partial charge >= 0.3 is 5.97 Å². The van der Waals surface area contributed by atoms with E-state index in [9.17, 15) is 9.59 Å². The maximum Gasteiger partial charge on any atom is 0.360 e. The van der Waals surface area contributed by atoms with Gasteiger partial charge in [0, 0.05) is 7.05 Å². The quantitative estimate of drug-likeness (QED) is 0.731. The molecule has 0 aliphatic rings. The molecule has 0 N–H and O–H groups in total. The van der Waals surface area contributed by atoms with Crippen LogP contribution in [-0.4, -0.2) is 45.9 Å². The highest BCUT2D eigenvalue weighted by molar-refractivity contribution is 5.86. The minimum Gasteiger partial charge on any atom is -0.467 e. The fourth-order valence-corrected chi connectivity index (χ4v) is 1.56. The standard InChI is InChI=1S/C12H14N4O4/c1-15(6-9-4-3-5-20-9)11(17)8-16-7-10(13-14-16)12(18)19-2/h3-5,7H,6,8H2,1-2H3. The first-order chi connectivity index (χ1) is 9.60. The number of carbonyl (C=O) groups is 2. The summed E-state index contributed by atoms with van der Waals surface area (Å²) in [7, 11) is 2.91. The van der Waals surface area contributed by atoms with E-state index in [1.807, 2.05) is 0 Å². The number of ether oxygens (including phenoxy) is 1. The first kappa shape index (κ1) is 13.8. The normalized spacial score (nSPS) is 10.3. The molecule has 1 amide bonds. The molecule has 20 heavy (non-hydrogen) atoms. The zero-order valence-electron chi connectivity index (χ0n) is 11.1. The Morgan fingerprint density at radius 2 is 2.30 bits per heavy atom. The van der Waals surface area contributed by atoms with Crippen LogP contribution in [0.25, 0.3) is 0 Å². The van der Waals surface area contributed by atoms with E-state index in [4.69, 9.17) is 4.42 Å². The number of likely N-dealkylation sites (N-methyl/N-ethyl adjacent to an activating group) is 1. The minimum absolute atomic E-state index is 0.0127. The van der Waals surface area contributed by atoms with Crippen molar-refractivity contribution in [1.82, 2.24) is 19.9 Å². The molecule has 0 spiro atoms. The molecular weight excluding hydrogens is 264 g/mol. The van der Waals surface area contributed by atoms with Gasteiger partial charge in [-0.25, -0.2) is 9.48 Å². The summed E-state index contributed by atoms with van der Waals surface area (Å²) in [6.07, 6.45) is 2.91. The third kappa shape index (κ3) is 3.22. The lowest BCUT2D eigenvalue weighted by Gasteiger charge is -2.15. The van der Waals surface area contributed by atoms with Crippen molar-refractivity contribution < 1.29 is 18.7 Å². The molecule has 8 nitrogen and oxygen atoms in total. The lowest BCUT2D eigenvalue weighted by molar-refractivity contribution is -0.131. The summed E-state index contributed by atoms with van der Waals surface area (Å²) >= 11 is 0. The van der Waals surface area contributed by atoms with Crippen LogP contribution >= 0.6 is 0 Å². The average molecular weight is 278 g/mol. The van der Waals surface area contributed by atoms with Crippen molar-refractivity contribution >= 4 is 11.9 Å². The molecular formula is C12H14N4O4. The van der Waals surface area contributed by atoms with E-state index < -0.39 is 5.97 Å². The number of rotatable bonds is 5. The summed E-state index contributed by atoms with van der Waals surface area (Å²) in [5, 5.41) is 7.32. The van der Waals surface area contributed by atoms with Gasteiger partial charge in [-0.2, -0.15) is 0 Å². The molecule has 0 aliphatic carbocycles. The number of esters is 1. The van der Waals surface area contributed by atoms with E-state index >= 15 is 0 Å². The van der Waals surface area contributed by atoms with Gasteiger partial charge in [-0.15, -0.1) is 5.10 Å². The van der Waals surface area contributed by atoms with Crippen LogP contribution in [-0.2, 0) is 22.6 Å². The molecule has 106 valence electrons. The topological polar surface area (TPSA) is 90.5 Å². The molecule has 0 fully saturated rings. The van der Waals surface area contributed by atoms with Crippen LogP contribution in [0.1, 0.15) is 16.2 Å². The molecule has 2 aromatic rings. The van der Waals surface area contributed by atoms with Gasteiger partial charge in [-0.3, -0.25) is 4.79 Å². The van der Waals surface area contributed by atoms with Crippen molar-refractivity contribution in [2.45, 2.75) is 13.1 Å². The first-order valence-electron chi connectivity index (χ1n) is 5.85. The molecule has 0 atom stereocenters. The van der Waals surface area contributed by atoms with E-state index in [1.165, 1.54) is 22.9 Å². The second-order valence-corrected chi connectivity index (χ2v) is 4.12. The van der Waals surface area contributed by atoms with Crippen molar-refractivity contribution in [1.29, 1.82) is 0 Å². The third-order valence-corrected chi connectivity index (χ3v) is 2.63. The lowest BCUT2D eigenvalue weighted by atomic mass is 10.4. The molecule has 0 saturated carbocycles. The van der Waals surface area contributed by atoms with Gasteiger partial charge in [0.25, 0.3) is 0 Å². The highest BCUT2D eigenvalue weighted by Crippen LogP contribution is 2.04. The van der Waals surface area contributed by atoms with Gasteiger partial charge in [0.1, 0.15) is 12.3 Å². The van der Waals surface area contributed by atoms with E-state index in [2.05, 4.69) is 15.0 Å². The van der Waals surface area contributed by atoms with Gasteiger partial charge in [-0.1, -0.05) is 5.21 Å². The fraction of sp³-hybridized carbons (Fsp3) is 0.333. The second kappa shape index (κ2) is 6.00. The predicted molar refractivity (Wildman–Crippen MR) is 66.5 cm³/mol. The Morgan fingerprint density at radius 3 is 2.95 bits per heavy atom. The Morgan fingerprint density at radius 1 is 1.50 bits per heavy atom. The van der Waals surface area contributed by atoms with E-state index in [0.717, 1.165) is 0 Å². The monoisotopic (exact) mass is 278 g/mol. The van der Waals surface area contributed by atoms with Crippen molar-refractivity contribution in [2.75, 3.05) is 14.2 Å². The van der Waals surface area contributed by atoms with Gasteiger partial charge in [0.2, 0.25) is 5.91 Å². The van der Waals surface area contributed by atoms with E-state index in [0.29, 0.717) is 12.3 Å². The second-order valence-electron chi connectivity index (χ2n) is 4.12. The number of hydrogen-bond acceptors (Lipinski definition) is 6. The highest BCUT2D eigenvalue weighted by atomic mass is 16.5. The van der Waals surface area contributed by atoms with Gasteiger partial charge in [0.05, 0.1) is 26.1 Å². The maximum absolute atomic E-state index is 12.0. The summed E-state index contributed by atoms with van der Waals surface area (Å²) in [6, 6.07) is 3.54. The van der Waals surface area contributed by atoms with Gasteiger partial charge in [-0.05, 0) is 12.1 Å². The Labute approximate surface area is 114 Å². The molecule has 8 heteroatoms. The summed E-state index contributed by atoms with van der Waals surface area (Å²) in [6.45, 7) is 0.353. The van der Waals surface area contributed by atoms with Crippen LogP contribution in [0.15, 0.2) is 29.0 Å². The molecule has 0 radical (unpaired) electrons. The number of hydrogen-bond donors (Lipinski definition) is 0. The number of amides is 1. The fourth-order valence-electron chi connectivity index (χ4n) is 1.56. The summed E-state index contributed by atoms with van der Waals surface area (Å²) in [4.78, 5) is 24.7. The van der Waals surface area contributed by atoms with Crippen LogP contribution in [0.4, 0.5) is 0 Å². The Hall–Kier alpha value is -2.64. The van der Waals surface area contributed by atoms with Crippen molar-refractivity contribution in [3.8, 4) is 0 Å². The molecule has 0 aliphatic heterocycles. The van der Waals surface area contributed by atoms with Crippen LogP contribution in [0.3, 0.4) is 0 Å². The third-order valence-electron chi connectivity index (χ3n) is 2.63. The largest absolute Gasteiger partial charge is 0.467 e. The zero-order valence-corrected chi connectivity index (χ0v) is 11.1. The van der Waals surface area contributed by atoms with Crippen LogP contribution in [0.2, 0.25) is 0 Å². The van der Waals surface area contributed by atoms with Gasteiger partial charge < -0.3 is 14.1 Å². The van der Waals surface area contributed by atoms with E-state index in [1.54, 1.807) is 25.4 Å². The number of carbonyl (C=O) groups excluding carboxylic acids is 2. The SMILES string of the molecule is COC(=O)c1cn(CC(=O)N(C)Cc2ccco2)nn1.